The SMILES string of the molecule is C[C@@H]1C[C@@H](C)CN(C(=O)CN2CCN(CC(=O)N[C@@H](C)c3ccc(F)cc3)CC2)C1. The summed E-state index contributed by atoms with van der Waals surface area (Å²) in [5.41, 5.74) is 0.884. The number of piperazine rings is 1. The van der Waals surface area contributed by atoms with E-state index in [0.29, 0.717) is 24.9 Å². The Bertz CT molecular complexity index is 708. The Morgan fingerprint density at radius 3 is 2.10 bits per heavy atom. The van der Waals surface area contributed by atoms with Crippen LogP contribution in [0.25, 0.3) is 0 Å². The maximum atomic E-state index is 13.1. The molecular formula is C23H35FN4O2. The molecule has 2 heterocycles. The molecule has 0 aromatic heterocycles. The number of benzene rings is 1. The topological polar surface area (TPSA) is 55.9 Å². The zero-order valence-corrected chi connectivity index (χ0v) is 18.4. The number of carbonyl (C=O) groups excluding carboxylic acids is 2. The number of nitrogens with zero attached hydrogens (tertiary/aromatic N) is 3. The highest BCUT2D eigenvalue weighted by atomic mass is 19.1. The lowest BCUT2D eigenvalue weighted by atomic mass is 9.92. The zero-order chi connectivity index (χ0) is 21.7. The van der Waals surface area contributed by atoms with Crippen LogP contribution in [0.15, 0.2) is 24.3 Å². The Hall–Kier alpha value is -1.99. The van der Waals surface area contributed by atoms with Gasteiger partial charge in [-0.1, -0.05) is 26.0 Å². The second-order valence-corrected chi connectivity index (χ2v) is 9.14. The third-order valence-electron chi connectivity index (χ3n) is 6.16. The number of rotatable bonds is 6. The number of piperidine rings is 1. The van der Waals surface area contributed by atoms with Gasteiger partial charge in [0.1, 0.15) is 5.82 Å². The second-order valence-electron chi connectivity index (χ2n) is 9.14. The van der Waals surface area contributed by atoms with Gasteiger partial charge in [0.2, 0.25) is 11.8 Å². The average Bonchev–Trinajstić information content (AvgIpc) is 2.69. The Labute approximate surface area is 179 Å². The fraction of sp³-hybridized carbons (Fsp3) is 0.652. The van der Waals surface area contributed by atoms with E-state index in [1.54, 1.807) is 12.1 Å². The summed E-state index contributed by atoms with van der Waals surface area (Å²) in [6.45, 7) is 12.0. The Morgan fingerprint density at radius 1 is 1.00 bits per heavy atom. The van der Waals surface area contributed by atoms with Gasteiger partial charge in [-0.15, -0.1) is 0 Å². The highest BCUT2D eigenvalue weighted by molar-refractivity contribution is 5.79. The van der Waals surface area contributed by atoms with Crippen LogP contribution in [-0.4, -0.2) is 78.9 Å². The average molecular weight is 419 g/mol. The van der Waals surface area contributed by atoms with Crippen molar-refractivity contribution < 1.29 is 14.0 Å². The molecule has 3 atom stereocenters. The number of amides is 2. The van der Waals surface area contributed by atoms with Gasteiger partial charge >= 0.3 is 0 Å². The van der Waals surface area contributed by atoms with Crippen LogP contribution < -0.4 is 5.32 Å². The van der Waals surface area contributed by atoms with Gasteiger partial charge in [0.25, 0.3) is 0 Å². The van der Waals surface area contributed by atoms with Crippen molar-refractivity contribution >= 4 is 11.8 Å². The quantitative estimate of drug-likeness (QED) is 0.769. The first-order valence-corrected chi connectivity index (χ1v) is 11.1. The van der Waals surface area contributed by atoms with Crippen LogP contribution in [0, 0.1) is 17.7 Å². The van der Waals surface area contributed by atoms with Crippen LogP contribution in [0.2, 0.25) is 0 Å². The summed E-state index contributed by atoms with van der Waals surface area (Å²) in [4.78, 5) is 31.4. The standard InChI is InChI=1S/C23H35FN4O2/c1-17-12-18(2)14-28(13-17)23(30)16-27-10-8-26(9-11-27)15-22(29)25-19(3)20-4-6-21(24)7-5-20/h4-7,17-19H,8-16H2,1-3H3,(H,25,29)/t17-,18-,19+/m1/s1. The van der Waals surface area contributed by atoms with E-state index in [-0.39, 0.29) is 23.7 Å². The van der Waals surface area contributed by atoms with E-state index in [2.05, 4.69) is 29.0 Å². The van der Waals surface area contributed by atoms with Crippen molar-refractivity contribution in [2.24, 2.45) is 11.8 Å². The van der Waals surface area contributed by atoms with Crippen LogP contribution in [0.1, 0.15) is 38.8 Å². The normalized spacial score (nSPS) is 24.5. The number of hydrogen-bond acceptors (Lipinski definition) is 4. The summed E-state index contributed by atoms with van der Waals surface area (Å²) in [5.74, 6) is 1.06. The molecule has 0 unspecified atom stereocenters. The van der Waals surface area contributed by atoms with Crippen molar-refractivity contribution in [1.82, 2.24) is 20.0 Å². The maximum Gasteiger partial charge on any atom is 0.236 e. The Morgan fingerprint density at radius 2 is 1.53 bits per heavy atom. The molecule has 2 aliphatic heterocycles. The van der Waals surface area contributed by atoms with E-state index in [9.17, 15) is 14.0 Å². The van der Waals surface area contributed by atoms with E-state index >= 15 is 0 Å². The van der Waals surface area contributed by atoms with Gasteiger partial charge < -0.3 is 10.2 Å². The summed E-state index contributed by atoms with van der Waals surface area (Å²) < 4.78 is 13.1. The fourth-order valence-corrected chi connectivity index (χ4v) is 4.59. The van der Waals surface area contributed by atoms with Crippen LogP contribution in [0.5, 0.6) is 0 Å². The number of nitrogens with one attached hydrogen (secondary N) is 1. The summed E-state index contributed by atoms with van der Waals surface area (Å²) in [7, 11) is 0. The molecule has 3 rings (SSSR count). The van der Waals surface area contributed by atoms with Crippen LogP contribution >= 0.6 is 0 Å². The van der Waals surface area contributed by atoms with Crippen molar-refractivity contribution in [1.29, 1.82) is 0 Å². The van der Waals surface area contributed by atoms with Crippen molar-refractivity contribution in [3.63, 3.8) is 0 Å². The van der Waals surface area contributed by atoms with Crippen molar-refractivity contribution in [3.05, 3.63) is 35.6 Å². The molecule has 0 saturated carbocycles. The van der Waals surface area contributed by atoms with Crippen molar-refractivity contribution in [2.75, 3.05) is 52.4 Å². The summed E-state index contributed by atoms with van der Waals surface area (Å²) >= 11 is 0. The van der Waals surface area contributed by atoms with Gasteiger partial charge in [0.05, 0.1) is 19.1 Å². The molecule has 2 amide bonds. The van der Waals surface area contributed by atoms with Gasteiger partial charge in [-0.2, -0.15) is 0 Å². The largest absolute Gasteiger partial charge is 0.348 e. The molecule has 0 aliphatic carbocycles. The number of hydrogen-bond donors (Lipinski definition) is 1. The molecule has 2 fully saturated rings. The number of halogens is 1. The fourth-order valence-electron chi connectivity index (χ4n) is 4.59. The van der Waals surface area contributed by atoms with E-state index in [4.69, 9.17) is 0 Å². The highest BCUT2D eigenvalue weighted by Crippen LogP contribution is 2.21. The third-order valence-corrected chi connectivity index (χ3v) is 6.16. The van der Waals surface area contributed by atoms with Gasteiger partial charge in [-0.05, 0) is 42.9 Å². The first kappa shape index (κ1) is 22.7. The van der Waals surface area contributed by atoms with E-state index in [1.165, 1.54) is 18.6 Å². The van der Waals surface area contributed by atoms with Crippen LogP contribution in [0.3, 0.4) is 0 Å². The summed E-state index contributed by atoms with van der Waals surface area (Å²) in [6.07, 6.45) is 1.20. The molecule has 2 aliphatic rings. The monoisotopic (exact) mass is 418 g/mol. The molecular weight excluding hydrogens is 383 g/mol. The Balaban J connectivity index is 1.38. The van der Waals surface area contributed by atoms with Crippen molar-refractivity contribution in [3.8, 4) is 0 Å². The van der Waals surface area contributed by atoms with Crippen LogP contribution in [0.4, 0.5) is 4.39 Å². The summed E-state index contributed by atoms with van der Waals surface area (Å²) in [6, 6.07) is 6.04. The van der Waals surface area contributed by atoms with Crippen molar-refractivity contribution in [2.45, 2.75) is 33.2 Å². The molecule has 7 heteroatoms. The van der Waals surface area contributed by atoms with Gasteiger partial charge in [0.15, 0.2) is 0 Å². The van der Waals surface area contributed by atoms with E-state index in [0.717, 1.165) is 44.8 Å². The first-order valence-electron chi connectivity index (χ1n) is 11.1. The number of carbonyl (C=O) groups is 2. The van der Waals surface area contributed by atoms with Gasteiger partial charge in [-0.25, -0.2) is 4.39 Å². The molecule has 166 valence electrons. The highest BCUT2D eigenvalue weighted by Gasteiger charge is 2.27. The molecule has 2 saturated heterocycles. The second kappa shape index (κ2) is 10.4. The molecule has 1 aromatic carbocycles. The lowest BCUT2D eigenvalue weighted by Crippen LogP contribution is -2.53. The van der Waals surface area contributed by atoms with Gasteiger partial charge in [-0.3, -0.25) is 19.4 Å². The molecule has 30 heavy (non-hydrogen) atoms. The van der Waals surface area contributed by atoms with E-state index < -0.39 is 0 Å². The van der Waals surface area contributed by atoms with Crippen LogP contribution in [-0.2, 0) is 9.59 Å². The predicted octanol–water partition coefficient (Wildman–Crippen LogP) is 2.12. The lowest BCUT2D eigenvalue weighted by molar-refractivity contribution is -0.135. The third kappa shape index (κ3) is 6.51. The molecule has 1 aromatic rings. The zero-order valence-electron chi connectivity index (χ0n) is 18.4. The minimum atomic E-state index is -0.280. The maximum absolute atomic E-state index is 13.1. The number of likely N-dealkylation sites (tertiary alicyclic amines) is 1. The molecule has 0 radical (unpaired) electrons. The minimum Gasteiger partial charge on any atom is -0.348 e. The Kier molecular flexibility index (Phi) is 7.83. The smallest absolute Gasteiger partial charge is 0.236 e. The molecule has 6 nitrogen and oxygen atoms in total. The summed E-state index contributed by atoms with van der Waals surface area (Å²) in [5, 5.41) is 2.98. The van der Waals surface area contributed by atoms with Gasteiger partial charge in [0, 0.05) is 39.3 Å². The molecule has 0 bridgehead atoms. The van der Waals surface area contributed by atoms with E-state index in [1.807, 2.05) is 11.8 Å². The lowest BCUT2D eigenvalue weighted by Gasteiger charge is -2.38. The first-order chi connectivity index (χ1) is 14.3. The minimum absolute atomic E-state index is 0.0346. The molecule has 1 N–H and O–H groups in total. The predicted molar refractivity (Wildman–Crippen MR) is 115 cm³/mol. The molecule has 0 spiro atoms.